The van der Waals surface area contributed by atoms with E-state index in [-0.39, 0.29) is 16.8 Å². The summed E-state index contributed by atoms with van der Waals surface area (Å²) in [5.41, 5.74) is 2.37. The molecule has 3 N–H and O–H groups in total. The average molecular weight is 311 g/mol. The zero-order valence-corrected chi connectivity index (χ0v) is 12.2. The maximum absolute atomic E-state index is 11.9. The third kappa shape index (κ3) is 3.41. The first-order chi connectivity index (χ1) is 9.38. The number of sulfonamides is 1. The number of amides is 1. The molecule has 0 spiro atoms. The Labute approximate surface area is 120 Å². The van der Waals surface area contributed by atoms with Gasteiger partial charge in [0.25, 0.3) is 5.91 Å². The molecule has 20 heavy (non-hydrogen) atoms. The van der Waals surface area contributed by atoms with Crippen LogP contribution in [0.5, 0.6) is 0 Å². The SMILES string of the molecule is CC(NC(=O)c1cncs1)c1ccc(S(N)(=O)=O)cc1. The average Bonchev–Trinajstić information content (AvgIpc) is 2.91. The van der Waals surface area contributed by atoms with Crippen LogP contribution < -0.4 is 10.5 Å². The number of aromatic nitrogens is 1. The highest BCUT2D eigenvalue weighted by Gasteiger charge is 2.14. The zero-order valence-electron chi connectivity index (χ0n) is 10.6. The van der Waals surface area contributed by atoms with Crippen LogP contribution in [-0.2, 0) is 10.0 Å². The number of hydrogen-bond acceptors (Lipinski definition) is 5. The minimum absolute atomic E-state index is 0.0437. The van der Waals surface area contributed by atoms with Gasteiger partial charge in [0.1, 0.15) is 4.88 Å². The maximum atomic E-state index is 11.9. The summed E-state index contributed by atoms with van der Waals surface area (Å²) in [6.45, 7) is 1.81. The van der Waals surface area contributed by atoms with Gasteiger partial charge in [-0.2, -0.15) is 0 Å². The number of carbonyl (C=O) groups is 1. The molecule has 1 aromatic heterocycles. The molecule has 8 heteroatoms. The topological polar surface area (TPSA) is 102 Å². The highest BCUT2D eigenvalue weighted by Crippen LogP contribution is 2.16. The van der Waals surface area contributed by atoms with Crippen molar-refractivity contribution in [3.63, 3.8) is 0 Å². The monoisotopic (exact) mass is 311 g/mol. The molecule has 2 aromatic rings. The van der Waals surface area contributed by atoms with Gasteiger partial charge in [0.2, 0.25) is 10.0 Å². The molecule has 106 valence electrons. The summed E-state index contributed by atoms with van der Waals surface area (Å²) in [5, 5.41) is 7.83. The second-order valence-corrected chi connectivity index (χ2v) is 6.62. The number of benzene rings is 1. The van der Waals surface area contributed by atoms with E-state index in [1.54, 1.807) is 17.6 Å². The van der Waals surface area contributed by atoms with E-state index in [2.05, 4.69) is 10.3 Å². The molecule has 0 radical (unpaired) electrons. The van der Waals surface area contributed by atoms with E-state index >= 15 is 0 Å². The van der Waals surface area contributed by atoms with Gasteiger partial charge in [-0.15, -0.1) is 11.3 Å². The second kappa shape index (κ2) is 5.70. The van der Waals surface area contributed by atoms with Gasteiger partial charge in [-0.25, -0.2) is 13.6 Å². The van der Waals surface area contributed by atoms with Crippen molar-refractivity contribution in [1.29, 1.82) is 0 Å². The third-order valence-electron chi connectivity index (χ3n) is 2.71. The van der Waals surface area contributed by atoms with Gasteiger partial charge in [-0.05, 0) is 24.6 Å². The molecule has 1 unspecified atom stereocenters. The number of rotatable bonds is 4. The van der Waals surface area contributed by atoms with Crippen LogP contribution in [0.25, 0.3) is 0 Å². The fourth-order valence-electron chi connectivity index (χ4n) is 1.63. The van der Waals surface area contributed by atoms with Crippen LogP contribution >= 0.6 is 11.3 Å². The summed E-state index contributed by atoms with van der Waals surface area (Å²) in [5.74, 6) is -0.212. The molecule has 2 rings (SSSR count). The molecule has 1 aromatic carbocycles. The van der Waals surface area contributed by atoms with Gasteiger partial charge >= 0.3 is 0 Å². The predicted octanol–water partition coefficient (Wildman–Crippen LogP) is 1.28. The summed E-state index contributed by atoms with van der Waals surface area (Å²) in [6.07, 6.45) is 1.50. The number of nitrogens with one attached hydrogen (secondary N) is 1. The first-order valence-corrected chi connectivity index (χ1v) is 8.12. The largest absolute Gasteiger partial charge is 0.345 e. The van der Waals surface area contributed by atoms with Crippen LogP contribution in [0.1, 0.15) is 28.2 Å². The zero-order chi connectivity index (χ0) is 14.8. The molecular formula is C12H13N3O3S2. The molecule has 0 saturated carbocycles. The Morgan fingerprint density at radius 2 is 2.00 bits per heavy atom. The van der Waals surface area contributed by atoms with Gasteiger partial charge in [0.15, 0.2) is 0 Å². The lowest BCUT2D eigenvalue weighted by Gasteiger charge is -2.13. The fraction of sp³-hybridized carbons (Fsp3) is 0.167. The van der Waals surface area contributed by atoms with Crippen molar-refractivity contribution in [1.82, 2.24) is 10.3 Å². The molecule has 0 saturated heterocycles. The normalized spacial score (nSPS) is 12.9. The van der Waals surface area contributed by atoms with Crippen LogP contribution in [-0.4, -0.2) is 19.3 Å². The number of primary sulfonamides is 1. The highest BCUT2D eigenvalue weighted by atomic mass is 32.2. The number of carbonyl (C=O) groups excluding carboxylic acids is 1. The van der Waals surface area contributed by atoms with Gasteiger partial charge in [-0.3, -0.25) is 9.78 Å². The molecular weight excluding hydrogens is 298 g/mol. The van der Waals surface area contributed by atoms with E-state index in [9.17, 15) is 13.2 Å². The molecule has 1 atom stereocenters. The number of hydrogen-bond donors (Lipinski definition) is 2. The second-order valence-electron chi connectivity index (χ2n) is 4.17. The van der Waals surface area contributed by atoms with E-state index in [0.717, 1.165) is 5.56 Å². The van der Waals surface area contributed by atoms with Crippen LogP contribution in [0.2, 0.25) is 0 Å². The highest BCUT2D eigenvalue weighted by molar-refractivity contribution is 7.89. The molecule has 0 fully saturated rings. The van der Waals surface area contributed by atoms with E-state index < -0.39 is 10.0 Å². The smallest absolute Gasteiger partial charge is 0.263 e. The molecule has 0 aliphatic carbocycles. The molecule has 0 aliphatic rings. The van der Waals surface area contributed by atoms with Crippen molar-refractivity contribution in [3.8, 4) is 0 Å². The number of thiazole rings is 1. The van der Waals surface area contributed by atoms with Gasteiger partial charge in [-0.1, -0.05) is 12.1 Å². The van der Waals surface area contributed by atoms with Crippen molar-refractivity contribution in [3.05, 3.63) is 46.4 Å². The van der Waals surface area contributed by atoms with Crippen molar-refractivity contribution in [2.24, 2.45) is 5.14 Å². The standard InChI is InChI=1S/C12H13N3O3S2/c1-8(15-12(16)11-6-14-7-19-11)9-2-4-10(5-3-9)20(13,17)18/h2-8H,1H3,(H,15,16)(H2,13,17,18). The lowest BCUT2D eigenvalue weighted by atomic mass is 10.1. The molecule has 1 amide bonds. The van der Waals surface area contributed by atoms with Crippen molar-refractivity contribution in [2.75, 3.05) is 0 Å². The first kappa shape index (κ1) is 14.6. The first-order valence-electron chi connectivity index (χ1n) is 5.70. The fourth-order valence-corrected chi connectivity index (χ4v) is 2.66. The van der Waals surface area contributed by atoms with E-state index in [1.807, 2.05) is 6.92 Å². The minimum Gasteiger partial charge on any atom is -0.345 e. The predicted molar refractivity (Wildman–Crippen MR) is 75.8 cm³/mol. The molecule has 0 bridgehead atoms. The Morgan fingerprint density at radius 3 is 2.50 bits per heavy atom. The van der Waals surface area contributed by atoms with Crippen LogP contribution in [0.4, 0.5) is 0 Å². The Hall–Kier alpha value is -1.77. The van der Waals surface area contributed by atoms with Crippen molar-refractivity contribution < 1.29 is 13.2 Å². The number of nitrogens with zero attached hydrogens (tertiary/aromatic N) is 1. The minimum atomic E-state index is -3.70. The third-order valence-corrected chi connectivity index (χ3v) is 4.41. The number of nitrogens with two attached hydrogens (primary N) is 1. The summed E-state index contributed by atoms with van der Waals surface area (Å²) >= 11 is 1.26. The van der Waals surface area contributed by atoms with Gasteiger partial charge in [0.05, 0.1) is 22.6 Å². The van der Waals surface area contributed by atoms with E-state index in [0.29, 0.717) is 4.88 Å². The van der Waals surface area contributed by atoms with Crippen LogP contribution in [0.3, 0.4) is 0 Å². The maximum Gasteiger partial charge on any atom is 0.263 e. The summed E-state index contributed by atoms with van der Waals surface area (Å²) in [4.78, 5) is 16.3. The lowest BCUT2D eigenvalue weighted by Crippen LogP contribution is -2.26. The van der Waals surface area contributed by atoms with E-state index in [4.69, 9.17) is 5.14 Å². The Kier molecular flexibility index (Phi) is 4.17. The van der Waals surface area contributed by atoms with Crippen molar-refractivity contribution in [2.45, 2.75) is 17.9 Å². The van der Waals surface area contributed by atoms with Gasteiger partial charge in [0, 0.05) is 0 Å². The van der Waals surface area contributed by atoms with Crippen LogP contribution in [0.15, 0.2) is 40.9 Å². The Balaban J connectivity index is 2.10. The van der Waals surface area contributed by atoms with Crippen LogP contribution in [0, 0.1) is 0 Å². The quantitative estimate of drug-likeness (QED) is 0.888. The molecule has 6 nitrogen and oxygen atoms in total. The van der Waals surface area contributed by atoms with Gasteiger partial charge < -0.3 is 5.32 Å². The Bertz CT molecular complexity index is 694. The summed E-state index contributed by atoms with van der Waals surface area (Å²) in [6, 6.07) is 5.83. The summed E-state index contributed by atoms with van der Waals surface area (Å²) in [7, 11) is -3.70. The summed E-state index contributed by atoms with van der Waals surface area (Å²) < 4.78 is 22.3. The van der Waals surface area contributed by atoms with Crippen molar-refractivity contribution >= 4 is 27.3 Å². The lowest BCUT2D eigenvalue weighted by molar-refractivity contribution is 0.0943. The Morgan fingerprint density at radius 1 is 1.35 bits per heavy atom. The van der Waals surface area contributed by atoms with E-state index in [1.165, 1.54) is 29.7 Å². The molecule has 1 heterocycles. The molecule has 0 aliphatic heterocycles.